The van der Waals surface area contributed by atoms with Crippen molar-refractivity contribution in [2.75, 3.05) is 6.61 Å². The Kier molecular flexibility index (Phi) is 4.02. The van der Waals surface area contributed by atoms with Gasteiger partial charge in [0.05, 0.1) is 17.2 Å². The third kappa shape index (κ3) is 3.20. The SMILES string of the molecule is CC1CCC(COc2ccc(C=O)cc2Cl)O1. The van der Waals surface area contributed by atoms with Crippen LogP contribution in [0.15, 0.2) is 18.2 Å². The summed E-state index contributed by atoms with van der Waals surface area (Å²) in [5.41, 5.74) is 0.549. The summed E-state index contributed by atoms with van der Waals surface area (Å²) < 4.78 is 11.2. The second-order valence-electron chi connectivity index (χ2n) is 4.26. The fraction of sp³-hybridized carbons (Fsp3) is 0.462. The van der Waals surface area contributed by atoms with Crippen molar-refractivity contribution in [3.63, 3.8) is 0 Å². The Labute approximate surface area is 106 Å². The monoisotopic (exact) mass is 254 g/mol. The van der Waals surface area contributed by atoms with Crippen molar-refractivity contribution in [1.82, 2.24) is 0 Å². The second-order valence-corrected chi connectivity index (χ2v) is 4.67. The number of carbonyl (C=O) groups excluding carboxylic acids is 1. The summed E-state index contributed by atoms with van der Waals surface area (Å²) in [6.07, 6.45) is 3.32. The smallest absolute Gasteiger partial charge is 0.150 e. The molecule has 0 spiro atoms. The number of carbonyl (C=O) groups is 1. The van der Waals surface area contributed by atoms with Crippen LogP contribution >= 0.6 is 11.6 Å². The van der Waals surface area contributed by atoms with Gasteiger partial charge in [-0.25, -0.2) is 0 Å². The molecule has 4 heteroatoms. The van der Waals surface area contributed by atoms with Crippen LogP contribution in [-0.2, 0) is 4.74 Å². The number of aldehydes is 1. The maximum Gasteiger partial charge on any atom is 0.150 e. The molecule has 1 aliphatic heterocycles. The van der Waals surface area contributed by atoms with Crippen molar-refractivity contribution in [2.24, 2.45) is 0 Å². The lowest BCUT2D eigenvalue weighted by atomic mass is 10.2. The van der Waals surface area contributed by atoms with Crippen molar-refractivity contribution in [3.8, 4) is 5.75 Å². The van der Waals surface area contributed by atoms with Gasteiger partial charge in [-0.2, -0.15) is 0 Å². The highest BCUT2D eigenvalue weighted by molar-refractivity contribution is 6.32. The molecule has 1 heterocycles. The quantitative estimate of drug-likeness (QED) is 0.775. The zero-order chi connectivity index (χ0) is 12.3. The third-order valence-corrected chi connectivity index (χ3v) is 3.13. The van der Waals surface area contributed by atoms with E-state index in [1.54, 1.807) is 18.2 Å². The summed E-state index contributed by atoms with van der Waals surface area (Å²) in [7, 11) is 0. The van der Waals surface area contributed by atoms with E-state index in [0.29, 0.717) is 29.0 Å². The molecular formula is C13H15ClO3. The van der Waals surface area contributed by atoms with Crippen LogP contribution in [0.5, 0.6) is 5.75 Å². The Bertz CT molecular complexity index is 406. The fourth-order valence-electron chi connectivity index (χ4n) is 1.90. The second kappa shape index (κ2) is 5.52. The molecule has 0 aliphatic carbocycles. The highest BCUT2D eigenvalue weighted by Gasteiger charge is 2.22. The van der Waals surface area contributed by atoms with Gasteiger partial charge in [-0.15, -0.1) is 0 Å². The molecule has 2 unspecified atom stereocenters. The molecular weight excluding hydrogens is 240 g/mol. The number of hydrogen-bond acceptors (Lipinski definition) is 3. The van der Waals surface area contributed by atoms with E-state index < -0.39 is 0 Å². The molecule has 0 aromatic heterocycles. The molecule has 0 bridgehead atoms. The number of ether oxygens (including phenoxy) is 2. The molecule has 0 N–H and O–H groups in total. The van der Waals surface area contributed by atoms with Gasteiger partial charge in [0.1, 0.15) is 18.6 Å². The van der Waals surface area contributed by atoms with Crippen LogP contribution in [0, 0.1) is 0 Å². The van der Waals surface area contributed by atoms with E-state index in [1.165, 1.54) is 0 Å². The molecule has 0 amide bonds. The number of halogens is 1. The molecule has 1 aromatic rings. The van der Waals surface area contributed by atoms with Crippen LogP contribution in [0.25, 0.3) is 0 Å². The Morgan fingerprint density at radius 2 is 2.35 bits per heavy atom. The average Bonchev–Trinajstić information content (AvgIpc) is 2.73. The van der Waals surface area contributed by atoms with Gasteiger partial charge in [-0.1, -0.05) is 11.6 Å². The summed E-state index contributed by atoms with van der Waals surface area (Å²) in [6, 6.07) is 5.00. The number of rotatable bonds is 4. The van der Waals surface area contributed by atoms with E-state index in [9.17, 15) is 4.79 Å². The predicted molar refractivity (Wildman–Crippen MR) is 65.9 cm³/mol. The van der Waals surface area contributed by atoms with Gasteiger partial charge in [0.15, 0.2) is 0 Å². The summed E-state index contributed by atoms with van der Waals surface area (Å²) in [5, 5.41) is 0.459. The fourth-order valence-corrected chi connectivity index (χ4v) is 2.14. The summed E-state index contributed by atoms with van der Waals surface area (Å²) >= 11 is 6.00. The highest BCUT2D eigenvalue weighted by atomic mass is 35.5. The first-order valence-corrected chi connectivity index (χ1v) is 6.10. The molecule has 17 heavy (non-hydrogen) atoms. The van der Waals surface area contributed by atoms with Gasteiger partial charge in [-0.05, 0) is 38.0 Å². The molecule has 0 saturated carbocycles. The first kappa shape index (κ1) is 12.4. The summed E-state index contributed by atoms with van der Waals surface area (Å²) in [6.45, 7) is 2.57. The van der Waals surface area contributed by atoms with E-state index in [0.717, 1.165) is 19.1 Å². The molecule has 0 radical (unpaired) electrons. The zero-order valence-electron chi connectivity index (χ0n) is 9.69. The van der Waals surface area contributed by atoms with Crippen molar-refractivity contribution in [1.29, 1.82) is 0 Å². The van der Waals surface area contributed by atoms with Crippen molar-refractivity contribution >= 4 is 17.9 Å². The van der Waals surface area contributed by atoms with Crippen molar-refractivity contribution < 1.29 is 14.3 Å². The maximum atomic E-state index is 10.6. The third-order valence-electron chi connectivity index (χ3n) is 2.84. The van der Waals surface area contributed by atoms with E-state index in [2.05, 4.69) is 6.92 Å². The van der Waals surface area contributed by atoms with Crippen molar-refractivity contribution in [2.45, 2.75) is 32.0 Å². The lowest BCUT2D eigenvalue weighted by Gasteiger charge is -2.13. The lowest BCUT2D eigenvalue weighted by Crippen LogP contribution is -2.17. The molecule has 1 saturated heterocycles. The Morgan fingerprint density at radius 1 is 1.53 bits per heavy atom. The highest BCUT2D eigenvalue weighted by Crippen LogP contribution is 2.26. The van der Waals surface area contributed by atoms with Crippen molar-refractivity contribution in [3.05, 3.63) is 28.8 Å². The molecule has 2 atom stereocenters. The van der Waals surface area contributed by atoms with Gasteiger partial charge in [-0.3, -0.25) is 4.79 Å². The topological polar surface area (TPSA) is 35.5 Å². The minimum Gasteiger partial charge on any atom is -0.489 e. The van der Waals surface area contributed by atoms with E-state index in [4.69, 9.17) is 21.1 Å². The standard InChI is InChI=1S/C13H15ClO3/c1-9-2-4-11(17-9)8-16-13-5-3-10(7-15)6-12(13)14/h3,5-7,9,11H,2,4,8H2,1H3. The van der Waals surface area contributed by atoms with Crippen LogP contribution in [-0.4, -0.2) is 25.1 Å². The first-order valence-electron chi connectivity index (χ1n) is 5.72. The molecule has 3 nitrogen and oxygen atoms in total. The molecule has 2 rings (SSSR count). The first-order chi connectivity index (χ1) is 8.19. The van der Waals surface area contributed by atoms with Gasteiger partial charge < -0.3 is 9.47 Å². The molecule has 92 valence electrons. The van der Waals surface area contributed by atoms with Gasteiger partial charge >= 0.3 is 0 Å². The van der Waals surface area contributed by atoms with Crippen LogP contribution < -0.4 is 4.74 Å². The Hall–Kier alpha value is -1.06. The van der Waals surface area contributed by atoms with Crippen LogP contribution in [0.3, 0.4) is 0 Å². The van der Waals surface area contributed by atoms with E-state index in [1.807, 2.05) is 0 Å². The van der Waals surface area contributed by atoms with Gasteiger partial charge in [0.2, 0.25) is 0 Å². The minimum atomic E-state index is 0.145. The normalized spacial score (nSPS) is 23.6. The minimum absolute atomic E-state index is 0.145. The largest absolute Gasteiger partial charge is 0.489 e. The summed E-state index contributed by atoms with van der Waals surface area (Å²) in [4.78, 5) is 10.6. The Balaban J connectivity index is 1.92. The van der Waals surface area contributed by atoms with Crippen LogP contribution in [0.2, 0.25) is 5.02 Å². The maximum absolute atomic E-state index is 10.6. The molecule has 1 aliphatic rings. The lowest BCUT2D eigenvalue weighted by molar-refractivity contribution is 0.0265. The number of hydrogen-bond donors (Lipinski definition) is 0. The average molecular weight is 255 g/mol. The zero-order valence-corrected chi connectivity index (χ0v) is 10.4. The molecule has 1 fully saturated rings. The molecule has 1 aromatic carbocycles. The Morgan fingerprint density at radius 3 is 2.94 bits per heavy atom. The van der Waals surface area contributed by atoms with E-state index >= 15 is 0 Å². The van der Waals surface area contributed by atoms with Crippen LogP contribution in [0.4, 0.5) is 0 Å². The summed E-state index contributed by atoms with van der Waals surface area (Å²) in [5.74, 6) is 0.598. The van der Waals surface area contributed by atoms with Crippen LogP contribution in [0.1, 0.15) is 30.1 Å². The van der Waals surface area contributed by atoms with Gasteiger partial charge in [0.25, 0.3) is 0 Å². The predicted octanol–water partition coefficient (Wildman–Crippen LogP) is 3.10. The number of benzene rings is 1. The van der Waals surface area contributed by atoms with Gasteiger partial charge in [0, 0.05) is 5.56 Å². The van der Waals surface area contributed by atoms with E-state index in [-0.39, 0.29) is 6.10 Å².